The fraction of sp³-hybridized carbons (Fsp3) is 0.588. The molecule has 3 rings (SSSR count). The maximum atomic E-state index is 12.6. The van der Waals surface area contributed by atoms with Gasteiger partial charge >= 0.3 is 0 Å². The van der Waals surface area contributed by atoms with Crippen molar-refractivity contribution in [3.05, 3.63) is 35.9 Å². The van der Waals surface area contributed by atoms with Crippen LogP contribution < -0.4 is 0 Å². The maximum absolute atomic E-state index is 12.6. The zero-order chi connectivity index (χ0) is 14.5. The van der Waals surface area contributed by atoms with Gasteiger partial charge in [0.05, 0.1) is 19.3 Å². The lowest BCUT2D eigenvalue weighted by Crippen LogP contribution is -2.51. The van der Waals surface area contributed by atoms with E-state index < -0.39 is 0 Å². The summed E-state index contributed by atoms with van der Waals surface area (Å²) in [6, 6.07) is 9.42. The molecule has 1 aromatic rings. The van der Waals surface area contributed by atoms with E-state index in [0.29, 0.717) is 19.8 Å². The SMILES string of the molecule is O=C(c1ccccc1)N1CCOCC1OC1CCCCC1. The van der Waals surface area contributed by atoms with Gasteiger partial charge in [0.25, 0.3) is 5.91 Å². The zero-order valence-corrected chi connectivity index (χ0v) is 12.4. The molecule has 1 aliphatic heterocycles. The van der Waals surface area contributed by atoms with Crippen molar-refractivity contribution >= 4 is 5.91 Å². The Bertz CT molecular complexity index is 456. The Morgan fingerprint density at radius 2 is 1.90 bits per heavy atom. The minimum absolute atomic E-state index is 0.0414. The van der Waals surface area contributed by atoms with Crippen molar-refractivity contribution in [2.45, 2.75) is 44.4 Å². The molecular formula is C17H23NO3. The molecule has 0 spiro atoms. The van der Waals surface area contributed by atoms with Gasteiger partial charge in [-0.2, -0.15) is 0 Å². The molecule has 2 aliphatic rings. The molecule has 4 nitrogen and oxygen atoms in total. The summed E-state index contributed by atoms with van der Waals surface area (Å²) in [6.45, 7) is 1.67. The number of amides is 1. The second-order valence-corrected chi connectivity index (χ2v) is 5.79. The number of morpholine rings is 1. The molecular weight excluding hydrogens is 266 g/mol. The fourth-order valence-electron chi connectivity index (χ4n) is 3.10. The van der Waals surface area contributed by atoms with Gasteiger partial charge in [0, 0.05) is 12.1 Å². The zero-order valence-electron chi connectivity index (χ0n) is 12.4. The predicted octanol–water partition coefficient (Wildman–Crippen LogP) is 2.83. The van der Waals surface area contributed by atoms with Crippen LogP contribution in [-0.2, 0) is 9.47 Å². The third kappa shape index (κ3) is 3.63. The first-order valence-corrected chi connectivity index (χ1v) is 7.94. The van der Waals surface area contributed by atoms with Crippen LogP contribution in [0.15, 0.2) is 30.3 Å². The lowest BCUT2D eigenvalue weighted by Gasteiger charge is -2.38. The average Bonchev–Trinajstić information content (AvgIpc) is 2.56. The number of carbonyl (C=O) groups excluding carboxylic acids is 1. The van der Waals surface area contributed by atoms with Gasteiger partial charge in [-0.25, -0.2) is 0 Å². The number of nitrogens with zero attached hydrogens (tertiary/aromatic N) is 1. The molecule has 1 atom stereocenters. The Balaban J connectivity index is 1.67. The summed E-state index contributed by atoms with van der Waals surface area (Å²) < 4.78 is 11.7. The Morgan fingerprint density at radius 1 is 1.14 bits per heavy atom. The van der Waals surface area contributed by atoms with Gasteiger partial charge in [-0.3, -0.25) is 4.79 Å². The Morgan fingerprint density at radius 3 is 2.67 bits per heavy atom. The van der Waals surface area contributed by atoms with Gasteiger partial charge in [-0.1, -0.05) is 37.5 Å². The van der Waals surface area contributed by atoms with E-state index in [2.05, 4.69) is 0 Å². The Kier molecular flexibility index (Phi) is 4.88. The molecule has 1 aliphatic carbocycles. The molecule has 4 heteroatoms. The van der Waals surface area contributed by atoms with Crippen LogP contribution in [0.1, 0.15) is 42.5 Å². The second-order valence-electron chi connectivity index (χ2n) is 5.79. The largest absolute Gasteiger partial charge is 0.375 e. The van der Waals surface area contributed by atoms with Crippen molar-refractivity contribution < 1.29 is 14.3 Å². The highest BCUT2D eigenvalue weighted by atomic mass is 16.6. The van der Waals surface area contributed by atoms with Crippen LogP contribution in [0, 0.1) is 0 Å². The molecule has 0 N–H and O–H groups in total. The normalized spacial score (nSPS) is 24.0. The maximum Gasteiger partial charge on any atom is 0.256 e. The molecule has 1 heterocycles. The quantitative estimate of drug-likeness (QED) is 0.859. The number of ether oxygens (including phenoxy) is 2. The van der Waals surface area contributed by atoms with Crippen LogP contribution >= 0.6 is 0 Å². The van der Waals surface area contributed by atoms with Crippen LogP contribution in [-0.4, -0.2) is 42.9 Å². The fourth-order valence-corrected chi connectivity index (χ4v) is 3.10. The number of rotatable bonds is 3. The number of hydrogen-bond donors (Lipinski definition) is 0. The lowest BCUT2D eigenvalue weighted by atomic mass is 9.98. The number of benzene rings is 1. The minimum Gasteiger partial charge on any atom is -0.375 e. The lowest BCUT2D eigenvalue weighted by molar-refractivity contribution is -0.153. The van der Waals surface area contributed by atoms with E-state index in [4.69, 9.17) is 9.47 Å². The van der Waals surface area contributed by atoms with Crippen LogP contribution in [0.2, 0.25) is 0 Å². The van der Waals surface area contributed by atoms with Gasteiger partial charge < -0.3 is 14.4 Å². The van der Waals surface area contributed by atoms with Crippen molar-refractivity contribution in [1.82, 2.24) is 4.90 Å². The van der Waals surface area contributed by atoms with Gasteiger partial charge in [0.1, 0.15) is 0 Å². The average molecular weight is 289 g/mol. The van der Waals surface area contributed by atoms with Crippen molar-refractivity contribution in [2.75, 3.05) is 19.8 Å². The molecule has 2 fully saturated rings. The Labute approximate surface area is 126 Å². The highest BCUT2D eigenvalue weighted by Gasteiger charge is 2.31. The van der Waals surface area contributed by atoms with Crippen LogP contribution in [0.4, 0.5) is 0 Å². The van der Waals surface area contributed by atoms with E-state index in [1.54, 1.807) is 0 Å². The summed E-state index contributed by atoms with van der Waals surface area (Å²) >= 11 is 0. The summed E-state index contributed by atoms with van der Waals surface area (Å²) in [7, 11) is 0. The first-order valence-electron chi connectivity index (χ1n) is 7.94. The molecule has 1 saturated carbocycles. The summed E-state index contributed by atoms with van der Waals surface area (Å²) in [5.41, 5.74) is 0.719. The van der Waals surface area contributed by atoms with Crippen molar-refractivity contribution in [3.63, 3.8) is 0 Å². The molecule has 1 unspecified atom stereocenters. The summed E-state index contributed by atoms with van der Waals surface area (Å²) in [5, 5.41) is 0. The third-order valence-electron chi connectivity index (χ3n) is 4.27. The molecule has 0 radical (unpaired) electrons. The molecule has 0 bridgehead atoms. The monoisotopic (exact) mass is 289 g/mol. The van der Waals surface area contributed by atoms with Crippen molar-refractivity contribution in [1.29, 1.82) is 0 Å². The number of hydrogen-bond acceptors (Lipinski definition) is 3. The highest BCUT2D eigenvalue weighted by Crippen LogP contribution is 2.24. The van der Waals surface area contributed by atoms with Crippen molar-refractivity contribution in [3.8, 4) is 0 Å². The summed E-state index contributed by atoms with van der Waals surface area (Å²) in [4.78, 5) is 14.5. The van der Waals surface area contributed by atoms with Crippen LogP contribution in [0.25, 0.3) is 0 Å². The number of carbonyl (C=O) groups is 1. The molecule has 1 saturated heterocycles. The van der Waals surface area contributed by atoms with Gasteiger partial charge in [0.15, 0.2) is 6.23 Å². The molecule has 1 amide bonds. The summed E-state index contributed by atoms with van der Waals surface area (Å²) in [5.74, 6) is 0.0414. The van der Waals surface area contributed by atoms with Gasteiger partial charge in [-0.05, 0) is 25.0 Å². The predicted molar refractivity (Wildman–Crippen MR) is 80.0 cm³/mol. The van der Waals surface area contributed by atoms with Crippen LogP contribution in [0.3, 0.4) is 0 Å². The Hall–Kier alpha value is -1.39. The van der Waals surface area contributed by atoms with E-state index >= 15 is 0 Å². The summed E-state index contributed by atoms with van der Waals surface area (Å²) in [6.07, 6.45) is 5.99. The second kappa shape index (κ2) is 7.05. The van der Waals surface area contributed by atoms with E-state index in [1.165, 1.54) is 19.3 Å². The van der Waals surface area contributed by atoms with E-state index in [1.807, 2.05) is 35.2 Å². The standard InChI is InChI=1S/C17H23NO3/c19-17(14-7-3-1-4-8-14)18-11-12-20-13-16(18)21-15-9-5-2-6-10-15/h1,3-4,7-8,15-16H,2,5-6,9-13H2. The van der Waals surface area contributed by atoms with E-state index in [9.17, 15) is 4.79 Å². The first-order chi connectivity index (χ1) is 10.3. The van der Waals surface area contributed by atoms with Gasteiger partial charge in [0.2, 0.25) is 0 Å². The minimum atomic E-state index is -0.241. The van der Waals surface area contributed by atoms with Crippen molar-refractivity contribution in [2.24, 2.45) is 0 Å². The smallest absolute Gasteiger partial charge is 0.256 e. The molecule has 114 valence electrons. The van der Waals surface area contributed by atoms with E-state index in [-0.39, 0.29) is 18.2 Å². The molecule has 1 aromatic carbocycles. The highest BCUT2D eigenvalue weighted by molar-refractivity contribution is 5.94. The molecule has 0 aromatic heterocycles. The molecule has 21 heavy (non-hydrogen) atoms. The van der Waals surface area contributed by atoms with Crippen LogP contribution in [0.5, 0.6) is 0 Å². The van der Waals surface area contributed by atoms with E-state index in [0.717, 1.165) is 18.4 Å². The topological polar surface area (TPSA) is 38.8 Å². The first kappa shape index (κ1) is 14.5. The third-order valence-corrected chi connectivity index (χ3v) is 4.27. The van der Waals surface area contributed by atoms with Gasteiger partial charge in [-0.15, -0.1) is 0 Å².